The average Bonchev–Trinajstić information content (AvgIpc) is 2.91. The van der Waals surface area contributed by atoms with Crippen molar-refractivity contribution >= 4 is 15.7 Å². The Kier molecular flexibility index (Phi) is 7.21. The highest BCUT2D eigenvalue weighted by Crippen LogP contribution is 2.38. The van der Waals surface area contributed by atoms with Crippen LogP contribution in [0.1, 0.15) is 50.0 Å². The summed E-state index contributed by atoms with van der Waals surface area (Å²) in [6.45, 7) is 1.72. The fourth-order valence-corrected chi connectivity index (χ4v) is 7.66. The fourth-order valence-electron chi connectivity index (χ4n) is 5.93. The molecule has 184 valence electrons. The zero-order valence-electron chi connectivity index (χ0n) is 20.0. The van der Waals surface area contributed by atoms with Crippen molar-refractivity contribution in [2.24, 2.45) is 0 Å². The first kappa shape index (κ1) is 24.0. The highest BCUT2D eigenvalue weighted by atomic mass is 32.2. The van der Waals surface area contributed by atoms with E-state index in [1.54, 1.807) is 36.4 Å². The molecule has 2 aliphatic rings. The van der Waals surface area contributed by atoms with Gasteiger partial charge in [-0.25, -0.2) is 12.8 Å². The van der Waals surface area contributed by atoms with Gasteiger partial charge in [-0.15, -0.1) is 0 Å². The van der Waals surface area contributed by atoms with E-state index in [0.29, 0.717) is 17.6 Å². The van der Waals surface area contributed by atoms with Gasteiger partial charge in [0.2, 0.25) is 0 Å². The SMILES string of the molecule is O=S(=O)(c1ccccc1)N(c1ccc(F)cc1)C1CCN(C2CCCCC2c2ccccc2)CC1. The molecule has 0 N–H and O–H groups in total. The average molecular weight is 493 g/mol. The molecule has 0 aromatic heterocycles. The van der Waals surface area contributed by atoms with E-state index in [-0.39, 0.29) is 16.8 Å². The number of rotatable bonds is 6. The molecule has 35 heavy (non-hydrogen) atoms. The summed E-state index contributed by atoms with van der Waals surface area (Å²) in [5.41, 5.74) is 1.94. The van der Waals surface area contributed by atoms with E-state index in [1.165, 1.54) is 47.7 Å². The summed E-state index contributed by atoms with van der Waals surface area (Å²) >= 11 is 0. The second-order valence-electron chi connectivity index (χ2n) is 9.73. The first-order valence-corrected chi connectivity index (χ1v) is 14.1. The Bertz CT molecular complexity index is 1190. The number of piperidine rings is 1. The largest absolute Gasteiger partial charge is 0.300 e. The number of halogens is 1. The Balaban J connectivity index is 1.38. The Morgan fingerprint density at radius 2 is 1.34 bits per heavy atom. The van der Waals surface area contributed by atoms with Crippen LogP contribution < -0.4 is 4.31 Å². The number of sulfonamides is 1. The van der Waals surface area contributed by atoms with Crippen molar-refractivity contribution in [2.75, 3.05) is 17.4 Å². The predicted molar refractivity (Wildman–Crippen MR) is 139 cm³/mol. The molecule has 2 atom stereocenters. The van der Waals surface area contributed by atoms with Gasteiger partial charge in [-0.2, -0.15) is 0 Å². The summed E-state index contributed by atoms with van der Waals surface area (Å²) in [5, 5.41) is 0. The van der Waals surface area contributed by atoms with Gasteiger partial charge in [-0.05, 0) is 73.6 Å². The molecule has 4 nitrogen and oxygen atoms in total. The van der Waals surface area contributed by atoms with Crippen LogP contribution in [0.3, 0.4) is 0 Å². The number of benzene rings is 3. The van der Waals surface area contributed by atoms with Crippen LogP contribution in [0.4, 0.5) is 10.1 Å². The third-order valence-corrected chi connectivity index (χ3v) is 9.53. The number of hydrogen-bond acceptors (Lipinski definition) is 3. The third-order valence-electron chi connectivity index (χ3n) is 7.64. The fraction of sp³-hybridized carbons (Fsp3) is 0.379. The van der Waals surface area contributed by atoms with E-state index in [4.69, 9.17) is 0 Å². The van der Waals surface area contributed by atoms with E-state index in [1.807, 2.05) is 6.07 Å². The van der Waals surface area contributed by atoms with Gasteiger partial charge in [0.15, 0.2) is 0 Å². The Hall–Kier alpha value is -2.70. The molecule has 1 aliphatic carbocycles. The maximum absolute atomic E-state index is 13.8. The van der Waals surface area contributed by atoms with Crippen LogP contribution in [-0.4, -0.2) is 38.5 Å². The molecule has 3 aromatic carbocycles. The van der Waals surface area contributed by atoms with Gasteiger partial charge in [-0.1, -0.05) is 61.4 Å². The van der Waals surface area contributed by atoms with Crippen LogP contribution >= 0.6 is 0 Å². The van der Waals surface area contributed by atoms with Crippen molar-refractivity contribution in [3.05, 3.63) is 96.3 Å². The quantitative estimate of drug-likeness (QED) is 0.411. The molecule has 2 unspecified atom stereocenters. The molecule has 6 heteroatoms. The minimum absolute atomic E-state index is 0.166. The zero-order valence-corrected chi connectivity index (χ0v) is 20.8. The third kappa shape index (κ3) is 5.14. The van der Waals surface area contributed by atoms with Crippen LogP contribution in [-0.2, 0) is 10.0 Å². The lowest BCUT2D eigenvalue weighted by Gasteiger charge is -2.45. The predicted octanol–water partition coefficient (Wildman–Crippen LogP) is 6.21. The van der Waals surface area contributed by atoms with Gasteiger partial charge in [0.1, 0.15) is 5.82 Å². The number of hydrogen-bond donors (Lipinski definition) is 0. The summed E-state index contributed by atoms with van der Waals surface area (Å²) in [6, 6.07) is 25.5. The molecule has 3 aromatic rings. The lowest BCUT2D eigenvalue weighted by atomic mass is 9.78. The van der Waals surface area contributed by atoms with Crippen molar-refractivity contribution in [1.29, 1.82) is 0 Å². The summed E-state index contributed by atoms with van der Waals surface area (Å²) in [4.78, 5) is 2.86. The second kappa shape index (κ2) is 10.5. The van der Waals surface area contributed by atoms with E-state index in [9.17, 15) is 12.8 Å². The van der Waals surface area contributed by atoms with Crippen molar-refractivity contribution in [3.63, 3.8) is 0 Å². The summed E-state index contributed by atoms with van der Waals surface area (Å²) < 4.78 is 42.7. The number of anilines is 1. The zero-order chi connectivity index (χ0) is 24.3. The Labute approximate surface area is 208 Å². The molecule has 1 aliphatic heterocycles. The molecule has 2 fully saturated rings. The van der Waals surface area contributed by atoms with Gasteiger partial charge in [0, 0.05) is 25.2 Å². The van der Waals surface area contributed by atoms with E-state index < -0.39 is 10.0 Å². The van der Waals surface area contributed by atoms with Crippen molar-refractivity contribution in [2.45, 2.75) is 61.4 Å². The standard InChI is InChI=1S/C29H33FN2O2S/c30-24-15-17-25(18-16-24)32(35(33,34)27-11-5-2-6-12-27)26-19-21-31(22-20-26)29-14-8-7-13-28(29)23-9-3-1-4-10-23/h1-6,9-12,15-18,26,28-29H,7-8,13-14,19-22H2. The van der Waals surface area contributed by atoms with Gasteiger partial charge in [-0.3, -0.25) is 9.21 Å². The van der Waals surface area contributed by atoms with Crippen LogP contribution in [0.25, 0.3) is 0 Å². The maximum atomic E-state index is 13.8. The Morgan fingerprint density at radius 3 is 2.00 bits per heavy atom. The molecule has 0 bridgehead atoms. The van der Waals surface area contributed by atoms with Crippen molar-refractivity contribution in [1.82, 2.24) is 4.90 Å². The molecule has 0 radical (unpaired) electrons. The van der Waals surface area contributed by atoms with Crippen LogP contribution in [0, 0.1) is 5.82 Å². The minimum atomic E-state index is -3.77. The van der Waals surface area contributed by atoms with E-state index >= 15 is 0 Å². The molecule has 0 spiro atoms. The van der Waals surface area contributed by atoms with Gasteiger partial charge < -0.3 is 0 Å². The van der Waals surface area contributed by atoms with Gasteiger partial charge >= 0.3 is 0 Å². The van der Waals surface area contributed by atoms with Crippen molar-refractivity contribution < 1.29 is 12.8 Å². The number of likely N-dealkylation sites (tertiary alicyclic amines) is 1. The first-order chi connectivity index (χ1) is 17.0. The molecule has 1 heterocycles. The molecule has 0 amide bonds. The Morgan fingerprint density at radius 1 is 0.743 bits per heavy atom. The van der Waals surface area contributed by atoms with E-state index in [0.717, 1.165) is 25.9 Å². The molecular formula is C29H33FN2O2S. The normalized spacial score (nSPS) is 22.1. The topological polar surface area (TPSA) is 40.6 Å². The smallest absolute Gasteiger partial charge is 0.264 e. The molecular weight excluding hydrogens is 459 g/mol. The first-order valence-electron chi connectivity index (χ1n) is 12.7. The second-order valence-corrected chi connectivity index (χ2v) is 11.5. The van der Waals surface area contributed by atoms with Gasteiger partial charge in [0.05, 0.1) is 10.6 Å². The highest BCUT2D eigenvalue weighted by molar-refractivity contribution is 7.92. The summed E-state index contributed by atoms with van der Waals surface area (Å²) in [5.74, 6) is 0.160. The van der Waals surface area contributed by atoms with Crippen LogP contribution in [0.5, 0.6) is 0 Å². The maximum Gasteiger partial charge on any atom is 0.264 e. The molecule has 1 saturated carbocycles. The van der Waals surface area contributed by atoms with Crippen LogP contribution in [0.15, 0.2) is 89.8 Å². The monoisotopic (exact) mass is 492 g/mol. The molecule has 5 rings (SSSR count). The van der Waals surface area contributed by atoms with Gasteiger partial charge in [0.25, 0.3) is 10.0 Å². The molecule has 1 saturated heterocycles. The summed E-state index contributed by atoms with van der Waals surface area (Å²) in [6.07, 6.45) is 6.41. The van der Waals surface area contributed by atoms with E-state index in [2.05, 4.69) is 35.2 Å². The minimum Gasteiger partial charge on any atom is -0.300 e. The highest BCUT2D eigenvalue weighted by Gasteiger charge is 2.38. The number of nitrogens with zero attached hydrogens (tertiary/aromatic N) is 2. The lowest BCUT2D eigenvalue weighted by molar-refractivity contribution is 0.107. The lowest BCUT2D eigenvalue weighted by Crippen LogP contribution is -2.51. The summed E-state index contributed by atoms with van der Waals surface area (Å²) in [7, 11) is -3.77. The van der Waals surface area contributed by atoms with Crippen molar-refractivity contribution in [3.8, 4) is 0 Å². The van der Waals surface area contributed by atoms with Crippen LogP contribution in [0.2, 0.25) is 0 Å².